The molecule has 0 saturated carbocycles. The molecular formula is C23H20ClFN2O3S. The normalized spacial score (nSPS) is 15.6. The van der Waals surface area contributed by atoms with Crippen LogP contribution < -0.4 is 9.62 Å². The molecule has 5 nitrogen and oxygen atoms in total. The van der Waals surface area contributed by atoms with E-state index in [1.54, 1.807) is 43.3 Å². The lowest BCUT2D eigenvalue weighted by Gasteiger charge is -2.24. The van der Waals surface area contributed by atoms with E-state index in [9.17, 15) is 17.6 Å². The number of nitrogens with one attached hydrogen (secondary N) is 1. The van der Waals surface area contributed by atoms with Crippen molar-refractivity contribution < 1.29 is 17.6 Å². The predicted molar refractivity (Wildman–Crippen MR) is 120 cm³/mol. The van der Waals surface area contributed by atoms with Crippen LogP contribution in [0.2, 0.25) is 5.02 Å². The van der Waals surface area contributed by atoms with Gasteiger partial charge in [0.05, 0.1) is 10.6 Å². The van der Waals surface area contributed by atoms with Crippen LogP contribution in [0.5, 0.6) is 0 Å². The summed E-state index contributed by atoms with van der Waals surface area (Å²) in [5.74, 6) is -0.805. The number of rotatable bonds is 4. The van der Waals surface area contributed by atoms with Crippen molar-refractivity contribution in [2.45, 2.75) is 31.2 Å². The lowest BCUT2D eigenvalue weighted by atomic mass is 10.1. The smallest absolute Gasteiger partial charge is 0.264 e. The van der Waals surface area contributed by atoms with Gasteiger partial charge in [0.2, 0.25) is 0 Å². The molecule has 0 radical (unpaired) electrons. The van der Waals surface area contributed by atoms with Crippen molar-refractivity contribution in [2.75, 3.05) is 9.62 Å². The molecule has 3 aromatic carbocycles. The van der Waals surface area contributed by atoms with Gasteiger partial charge in [0.25, 0.3) is 15.9 Å². The van der Waals surface area contributed by atoms with Crippen molar-refractivity contribution in [3.05, 3.63) is 88.2 Å². The fourth-order valence-corrected chi connectivity index (χ4v) is 5.63. The molecule has 1 amide bonds. The number of halogens is 2. The fourth-order valence-electron chi connectivity index (χ4n) is 3.77. The summed E-state index contributed by atoms with van der Waals surface area (Å²) in [6.07, 6.45) is 0.465. The molecule has 1 atom stereocenters. The topological polar surface area (TPSA) is 66.5 Å². The summed E-state index contributed by atoms with van der Waals surface area (Å²) in [4.78, 5) is 12.8. The van der Waals surface area contributed by atoms with Crippen LogP contribution in [0.3, 0.4) is 0 Å². The SMILES string of the molecule is Cc1c(Cl)cccc1NC(=O)c1ccc2c(c1)C[C@@H](C)N2S(=O)(=O)c1ccc(F)cc1. The predicted octanol–water partition coefficient (Wildman–Crippen LogP) is 5.18. The summed E-state index contributed by atoms with van der Waals surface area (Å²) in [7, 11) is -3.86. The van der Waals surface area contributed by atoms with E-state index in [1.807, 2.05) is 6.92 Å². The van der Waals surface area contributed by atoms with Crippen molar-refractivity contribution >= 4 is 38.9 Å². The van der Waals surface area contributed by atoms with E-state index in [1.165, 1.54) is 16.4 Å². The average molecular weight is 459 g/mol. The molecule has 0 unspecified atom stereocenters. The van der Waals surface area contributed by atoms with Gasteiger partial charge in [-0.25, -0.2) is 12.8 Å². The lowest BCUT2D eigenvalue weighted by molar-refractivity contribution is 0.102. The zero-order valence-electron chi connectivity index (χ0n) is 16.9. The van der Waals surface area contributed by atoms with E-state index in [4.69, 9.17) is 11.6 Å². The number of amides is 1. The van der Waals surface area contributed by atoms with Gasteiger partial charge in [-0.1, -0.05) is 17.7 Å². The van der Waals surface area contributed by atoms with Gasteiger partial charge in [-0.15, -0.1) is 0 Å². The molecule has 1 N–H and O–H groups in total. The van der Waals surface area contributed by atoms with E-state index < -0.39 is 15.8 Å². The number of anilines is 2. The second-order valence-electron chi connectivity index (χ2n) is 7.52. The molecule has 1 aliphatic heterocycles. The molecule has 3 aromatic rings. The summed E-state index contributed by atoms with van der Waals surface area (Å²) in [6.45, 7) is 3.62. The quantitative estimate of drug-likeness (QED) is 0.585. The second kappa shape index (κ2) is 7.98. The number of fused-ring (bicyclic) bond motifs is 1. The summed E-state index contributed by atoms with van der Waals surface area (Å²) in [5, 5.41) is 3.41. The molecule has 160 valence electrons. The molecule has 1 heterocycles. The molecule has 31 heavy (non-hydrogen) atoms. The van der Waals surface area contributed by atoms with Crippen LogP contribution in [0.4, 0.5) is 15.8 Å². The van der Waals surface area contributed by atoms with Crippen molar-refractivity contribution in [2.24, 2.45) is 0 Å². The van der Waals surface area contributed by atoms with E-state index >= 15 is 0 Å². The van der Waals surface area contributed by atoms with Crippen molar-refractivity contribution in [3.63, 3.8) is 0 Å². The highest BCUT2D eigenvalue weighted by atomic mass is 35.5. The first-order valence-corrected chi connectivity index (χ1v) is 11.5. The van der Waals surface area contributed by atoms with Crippen molar-refractivity contribution in [1.29, 1.82) is 0 Å². The summed E-state index contributed by atoms with van der Waals surface area (Å²) >= 11 is 6.12. The number of hydrogen-bond acceptors (Lipinski definition) is 3. The Morgan fingerprint density at radius 3 is 2.55 bits per heavy atom. The van der Waals surface area contributed by atoms with Crippen LogP contribution in [0, 0.1) is 12.7 Å². The van der Waals surface area contributed by atoms with Gasteiger partial charge in [-0.3, -0.25) is 9.10 Å². The zero-order chi connectivity index (χ0) is 22.3. The molecule has 1 aliphatic rings. The highest BCUT2D eigenvalue weighted by Gasteiger charge is 2.36. The Morgan fingerprint density at radius 1 is 1.13 bits per heavy atom. The number of carbonyl (C=O) groups is 1. The van der Waals surface area contributed by atoms with Gasteiger partial charge < -0.3 is 5.32 Å². The summed E-state index contributed by atoms with van der Waals surface area (Å²) < 4.78 is 40.9. The number of nitrogens with zero attached hydrogens (tertiary/aromatic N) is 1. The molecule has 0 fully saturated rings. The molecule has 0 aliphatic carbocycles. The van der Waals surface area contributed by atoms with Crippen LogP contribution in [0.1, 0.15) is 28.4 Å². The highest BCUT2D eigenvalue weighted by Crippen LogP contribution is 2.37. The summed E-state index contributed by atoms with van der Waals surface area (Å²) in [5.41, 5.74) is 3.09. The first kappa shape index (κ1) is 21.3. The Kier molecular flexibility index (Phi) is 5.49. The molecule has 0 aromatic heterocycles. The minimum Gasteiger partial charge on any atom is -0.322 e. The van der Waals surface area contributed by atoms with Gasteiger partial charge in [0.1, 0.15) is 5.82 Å². The van der Waals surface area contributed by atoms with E-state index in [-0.39, 0.29) is 16.8 Å². The molecule has 0 bridgehead atoms. The molecule has 4 rings (SSSR count). The maximum absolute atomic E-state index is 13.2. The second-order valence-corrected chi connectivity index (χ2v) is 9.74. The average Bonchev–Trinajstić information content (AvgIpc) is 3.07. The third kappa shape index (κ3) is 3.91. The van der Waals surface area contributed by atoms with E-state index in [2.05, 4.69) is 5.32 Å². The van der Waals surface area contributed by atoms with E-state index in [0.717, 1.165) is 23.3 Å². The van der Waals surface area contributed by atoms with Gasteiger partial charge in [0, 0.05) is 22.3 Å². The third-order valence-corrected chi connectivity index (χ3v) is 7.73. The van der Waals surface area contributed by atoms with Crippen LogP contribution >= 0.6 is 11.6 Å². The Balaban J connectivity index is 1.64. The van der Waals surface area contributed by atoms with Gasteiger partial charge in [0.15, 0.2) is 0 Å². The first-order valence-electron chi connectivity index (χ1n) is 9.68. The maximum Gasteiger partial charge on any atom is 0.264 e. The van der Waals surface area contributed by atoms with Crippen LogP contribution in [-0.2, 0) is 16.4 Å². The Hall–Kier alpha value is -2.90. The molecular weight excluding hydrogens is 439 g/mol. The van der Waals surface area contributed by atoms with Gasteiger partial charge >= 0.3 is 0 Å². The molecule has 8 heteroatoms. The van der Waals surface area contributed by atoms with Gasteiger partial charge in [-0.05, 0) is 86.0 Å². The minimum absolute atomic E-state index is 0.0202. The fraction of sp³-hybridized carbons (Fsp3) is 0.174. The van der Waals surface area contributed by atoms with Crippen LogP contribution in [0.25, 0.3) is 0 Å². The lowest BCUT2D eigenvalue weighted by Crippen LogP contribution is -2.35. The van der Waals surface area contributed by atoms with E-state index in [0.29, 0.717) is 28.4 Å². The standard InChI is InChI=1S/C23H20ClFN2O3S/c1-14-12-17-13-16(23(28)26-21-5-3-4-20(24)15(21)2)6-11-22(17)27(14)31(29,30)19-9-7-18(25)8-10-19/h3-11,13-14H,12H2,1-2H3,(H,26,28)/t14-/m1/s1. The Morgan fingerprint density at radius 2 is 1.84 bits per heavy atom. The minimum atomic E-state index is -3.86. The third-order valence-electron chi connectivity index (χ3n) is 5.38. The maximum atomic E-state index is 13.2. The summed E-state index contributed by atoms with van der Waals surface area (Å²) in [6, 6.07) is 14.6. The van der Waals surface area contributed by atoms with Crippen LogP contribution in [-0.4, -0.2) is 20.4 Å². The molecule has 0 saturated heterocycles. The van der Waals surface area contributed by atoms with Gasteiger partial charge in [-0.2, -0.15) is 0 Å². The highest BCUT2D eigenvalue weighted by molar-refractivity contribution is 7.92. The Bertz CT molecular complexity index is 1280. The number of sulfonamides is 1. The number of carbonyl (C=O) groups excluding carboxylic acids is 1. The number of benzene rings is 3. The monoisotopic (exact) mass is 458 g/mol. The largest absolute Gasteiger partial charge is 0.322 e. The van der Waals surface area contributed by atoms with Crippen molar-refractivity contribution in [3.8, 4) is 0 Å². The van der Waals surface area contributed by atoms with Crippen LogP contribution in [0.15, 0.2) is 65.6 Å². The Labute approximate surface area is 185 Å². The zero-order valence-corrected chi connectivity index (χ0v) is 18.5. The molecule has 0 spiro atoms. The first-order chi connectivity index (χ1) is 14.7. The van der Waals surface area contributed by atoms with Crippen molar-refractivity contribution in [1.82, 2.24) is 0 Å². The number of hydrogen-bond donors (Lipinski definition) is 1.